The minimum absolute atomic E-state index is 0.0416. The maximum Gasteiger partial charge on any atom is 0.171 e. The van der Waals surface area contributed by atoms with Gasteiger partial charge >= 0.3 is 0 Å². The Morgan fingerprint density at radius 1 is 1.36 bits per heavy atom. The highest BCUT2D eigenvalue weighted by Crippen LogP contribution is 2.26. The largest absolute Gasteiger partial charge is 0.401 e. The summed E-state index contributed by atoms with van der Waals surface area (Å²) in [6.45, 7) is 13.0. The predicted molar refractivity (Wildman–Crippen MR) is 55.6 cm³/mol. The van der Waals surface area contributed by atoms with Crippen LogP contribution in [0.15, 0.2) is 18.1 Å². The molecule has 0 radical (unpaired) electrons. The normalized spacial score (nSPS) is 18.8. The second kappa shape index (κ2) is 4.65. The molecule has 1 saturated heterocycles. The van der Waals surface area contributed by atoms with E-state index in [1.165, 1.54) is 0 Å². The molecule has 1 aliphatic rings. The topological polar surface area (TPSA) is 21.7 Å². The van der Waals surface area contributed by atoms with Gasteiger partial charge in [-0.05, 0) is 0 Å². The molecule has 0 N–H and O–H groups in total. The Bertz CT molecular complexity index is 230. The van der Waals surface area contributed by atoms with Crippen LogP contribution < -0.4 is 0 Å². The van der Waals surface area contributed by atoms with Crippen molar-refractivity contribution < 1.29 is 9.57 Å². The van der Waals surface area contributed by atoms with Crippen LogP contribution in [0.4, 0.5) is 0 Å². The fourth-order valence-corrected chi connectivity index (χ4v) is 1.20. The third-order valence-electron chi connectivity index (χ3n) is 2.03. The molecule has 14 heavy (non-hydrogen) atoms. The van der Waals surface area contributed by atoms with Crippen molar-refractivity contribution in [2.24, 2.45) is 5.41 Å². The number of allylic oxidation sites excluding steroid dienone is 1. The van der Waals surface area contributed by atoms with Crippen LogP contribution >= 0.6 is 0 Å². The second-order valence-electron chi connectivity index (χ2n) is 4.39. The molecule has 1 fully saturated rings. The Kier molecular flexibility index (Phi) is 3.76. The third kappa shape index (κ3) is 3.18. The summed E-state index contributed by atoms with van der Waals surface area (Å²) in [6, 6.07) is 0. The summed E-state index contributed by atoms with van der Waals surface area (Å²) in [4.78, 5) is 5.70. The van der Waals surface area contributed by atoms with E-state index in [-0.39, 0.29) is 5.41 Å². The van der Waals surface area contributed by atoms with E-state index in [9.17, 15) is 0 Å². The molecule has 0 aromatic carbocycles. The molecule has 0 aliphatic carbocycles. The Labute approximate surface area is 85.9 Å². The summed E-state index contributed by atoms with van der Waals surface area (Å²) in [5.41, 5.74) is 2.81. The molecule has 1 rings (SSSR count). The minimum atomic E-state index is -0.0416. The fraction of sp³-hybridized carbons (Fsp3) is 0.727. The van der Waals surface area contributed by atoms with Gasteiger partial charge in [-0.2, -0.15) is 0 Å². The van der Waals surface area contributed by atoms with Gasteiger partial charge in [-0.25, -0.2) is 0 Å². The zero-order valence-corrected chi connectivity index (χ0v) is 9.30. The van der Waals surface area contributed by atoms with E-state index in [2.05, 4.69) is 33.1 Å². The van der Waals surface area contributed by atoms with Crippen molar-refractivity contribution in [2.75, 3.05) is 26.3 Å². The molecular formula is C11H19NO2. The monoisotopic (exact) mass is 197 g/mol. The molecule has 0 saturated carbocycles. The average Bonchev–Trinajstić information content (AvgIpc) is 2.14. The smallest absolute Gasteiger partial charge is 0.171 e. The van der Waals surface area contributed by atoms with Gasteiger partial charge in [-0.15, -0.1) is 5.06 Å². The lowest BCUT2D eigenvalue weighted by molar-refractivity contribution is -0.174. The van der Waals surface area contributed by atoms with E-state index < -0.39 is 0 Å². The highest BCUT2D eigenvalue weighted by molar-refractivity contribution is 4.99. The molecule has 0 atom stereocenters. The van der Waals surface area contributed by atoms with Crippen LogP contribution in [-0.2, 0) is 9.57 Å². The average molecular weight is 197 g/mol. The van der Waals surface area contributed by atoms with Gasteiger partial charge in [0.1, 0.15) is 0 Å². The molecule has 0 bridgehead atoms. The van der Waals surface area contributed by atoms with Crippen LogP contribution in [0, 0.1) is 5.41 Å². The molecule has 1 aliphatic heterocycles. The SMILES string of the molecule is C=C=C(ON1CCOCC1)C(C)(C)C. The van der Waals surface area contributed by atoms with Gasteiger partial charge in [-0.1, -0.05) is 33.1 Å². The van der Waals surface area contributed by atoms with Crippen molar-refractivity contribution in [3.63, 3.8) is 0 Å². The quantitative estimate of drug-likeness (QED) is 0.499. The summed E-state index contributed by atoms with van der Waals surface area (Å²) >= 11 is 0. The van der Waals surface area contributed by atoms with Gasteiger partial charge in [0.2, 0.25) is 0 Å². The predicted octanol–water partition coefficient (Wildman–Crippen LogP) is 1.97. The Hall–Kier alpha value is -0.760. The summed E-state index contributed by atoms with van der Waals surface area (Å²) in [5, 5.41) is 1.91. The van der Waals surface area contributed by atoms with Gasteiger partial charge in [0.25, 0.3) is 0 Å². The van der Waals surface area contributed by atoms with Crippen molar-refractivity contribution in [3.8, 4) is 0 Å². The van der Waals surface area contributed by atoms with Crippen molar-refractivity contribution >= 4 is 0 Å². The fourth-order valence-electron chi connectivity index (χ4n) is 1.20. The number of hydrogen-bond donors (Lipinski definition) is 0. The zero-order valence-electron chi connectivity index (χ0n) is 9.30. The van der Waals surface area contributed by atoms with E-state index in [0.717, 1.165) is 32.1 Å². The van der Waals surface area contributed by atoms with Crippen LogP contribution in [0.3, 0.4) is 0 Å². The molecule has 80 valence electrons. The molecule has 3 nitrogen and oxygen atoms in total. The molecule has 0 unspecified atom stereocenters. The molecule has 1 heterocycles. The lowest BCUT2D eigenvalue weighted by atomic mass is 9.94. The van der Waals surface area contributed by atoms with Crippen LogP contribution in [0.25, 0.3) is 0 Å². The third-order valence-corrected chi connectivity index (χ3v) is 2.03. The zero-order chi connectivity index (χ0) is 10.6. The molecule has 0 aromatic rings. The second-order valence-corrected chi connectivity index (χ2v) is 4.39. The molecular weight excluding hydrogens is 178 g/mol. The maximum absolute atomic E-state index is 5.70. The van der Waals surface area contributed by atoms with E-state index in [1.807, 2.05) is 5.06 Å². The van der Waals surface area contributed by atoms with Crippen LogP contribution in [0.1, 0.15) is 20.8 Å². The Balaban J connectivity index is 2.53. The standard InChI is InChI=1S/C11H19NO2/c1-5-10(11(2,3)4)14-12-6-8-13-9-7-12/h1,6-9H2,2-4H3. The summed E-state index contributed by atoms with van der Waals surface area (Å²) in [6.07, 6.45) is 0. The first-order valence-corrected chi connectivity index (χ1v) is 4.95. The van der Waals surface area contributed by atoms with Crippen molar-refractivity contribution in [1.29, 1.82) is 0 Å². The lowest BCUT2D eigenvalue weighted by Crippen LogP contribution is -2.37. The van der Waals surface area contributed by atoms with Crippen LogP contribution in [0.2, 0.25) is 0 Å². The number of nitrogens with zero attached hydrogens (tertiary/aromatic N) is 1. The highest BCUT2D eigenvalue weighted by Gasteiger charge is 2.22. The summed E-state index contributed by atoms with van der Waals surface area (Å²) in [5.74, 6) is 0.791. The first kappa shape index (κ1) is 11.3. The Morgan fingerprint density at radius 2 is 1.93 bits per heavy atom. The molecule has 0 spiro atoms. The summed E-state index contributed by atoms with van der Waals surface area (Å²) < 4.78 is 5.23. The van der Waals surface area contributed by atoms with E-state index in [1.54, 1.807) is 0 Å². The van der Waals surface area contributed by atoms with E-state index >= 15 is 0 Å². The maximum atomic E-state index is 5.70. The number of ether oxygens (including phenoxy) is 1. The first-order valence-electron chi connectivity index (χ1n) is 4.95. The van der Waals surface area contributed by atoms with Gasteiger partial charge in [0.15, 0.2) is 5.76 Å². The van der Waals surface area contributed by atoms with Crippen molar-refractivity contribution in [3.05, 3.63) is 18.1 Å². The number of morpholine rings is 1. The highest BCUT2D eigenvalue weighted by atomic mass is 16.7. The molecule has 0 aromatic heterocycles. The van der Waals surface area contributed by atoms with Gasteiger partial charge < -0.3 is 9.57 Å². The lowest BCUT2D eigenvalue weighted by Gasteiger charge is -2.30. The van der Waals surface area contributed by atoms with Gasteiger partial charge in [0, 0.05) is 5.41 Å². The van der Waals surface area contributed by atoms with Crippen LogP contribution in [-0.4, -0.2) is 31.4 Å². The van der Waals surface area contributed by atoms with Crippen molar-refractivity contribution in [1.82, 2.24) is 5.06 Å². The van der Waals surface area contributed by atoms with E-state index in [4.69, 9.17) is 9.57 Å². The summed E-state index contributed by atoms with van der Waals surface area (Å²) in [7, 11) is 0. The van der Waals surface area contributed by atoms with E-state index in [0.29, 0.717) is 0 Å². The first-order chi connectivity index (χ1) is 6.54. The minimum Gasteiger partial charge on any atom is -0.401 e. The number of rotatable bonds is 2. The van der Waals surface area contributed by atoms with Gasteiger partial charge in [-0.3, -0.25) is 0 Å². The van der Waals surface area contributed by atoms with Crippen molar-refractivity contribution in [2.45, 2.75) is 20.8 Å². The molecule has 3 heteroatoms. The number of hydrogen-bond acceptors (Lipinski definition) is 3. The van der Waals surface area contributed by atoms with Gasteiger partial charge in [0.05, 0.1) is 26.3 Å². The number of hydroxylamine groups is 2. The van der Waals surface area contributed by atoms with Crippen LogP contribution in [0.5, 0.6) is 0 Å². The Morgan fingerprint density at radius 3 is 2.36 bits per heavy atom. The molecule has 0 amide bonds.